The van der Waals surface area contributed by atoms with Crippen LogP contribution in [0.2, 0.25) is 0 Å². The maximum absolute atomic E-state index is 11.4. The van der Waals surface area contributed by atoms with Crippen molar-refractivity contribution in [3.8, 4) is 0 Å². The Labute approximate surface area is 155 Å². The molecule has 6 nitrogen and oxygen atoms in total. The molecule has 4 aromatic rings. The molecule has 1 amide bonds. The third kappa shape index (κ3) is 3.90. The summed E-state index contributed by atoms with van der Waals surface area (Å²) in [4.78, 5) is 19.2. The molecule has 0 aliphatic carbocycles. The van der Waals surface area contributed by atoms with Crippen LogP contribution in [-0.2, 0) is 0 Å². The molecule has 0 atom stereocenters. The molecule has 0 aromatic carbocycles. The van der Waals surface area contributed by atoms with E-state index in [-0.39, 0.29) is 7.33 Å². The van der Waals surface area contributed by atoms with Gasteiger partial charge in [-0.15, -0.1) is 32.9 Å². The highest BCUT2D eigenvalue weighted by atomic mass is 32.1. The Hall–Kier alpha value is -2.01. The normalized spacial score (nSPS) is 10.2. The fourth-order valence-electron chi connectivity index (χ4n) is 1.79. The number of anilines is 1. The fourth-order valence-corrected chi connectivity index (χ4v) is 4.05. The molecule has 2 N–H and O–H groups in total. The largest absolute Gasteiger partial charge is 0.345 e. The molecule has 24 heavy (non-hydrogen) atoms. The van der Waals surface area contributed by atoms with E-state index in [1.165, 1.54) is 28.2 Å². The van der Waals surface area contributed by atoms with Crippen LogP contribution in [0.5, 0.6) is 0 Å². The van der Waals surface area contributed by atoms with Crippen LogP contribution in [0.4, 0.5) is 5.13 Å². The second-order valence-electron chi connectivity index (χ2n) is 4.51. The van der Waals surface area contributed by atoms with Crippen molar-refractivity contribution in [2.75, 3.05) is 5.32 Å². The van der Waals surface area contributed by atoms with Crippen LogP contribution in [0.3, 0.4) is 0 Å². The number of thiophene rings is 2. The first kappa shape index (κ1) is 16.8. The first-order chi connectivity index (χ1) is 11.6. The van der Waals surface area contributed by atoms with Gasteiger partial charge in [0.25, 0.3) is 5.91 Å². The van der Waals surface area contributed by atoms with E-state index in [0.29, 0.717) is 14.6 Å². The summed E-state index contributed by atoms with van der Waals surface area (Å²) in [5.41, 5.74) is 3.93. The number of carbonyl (C=O) groups excluding carboxylic acids is 1. The fraction of sp³-hybridized carbons (Fsp3) is 0.0714. The highest BCUT2D eigenvalue weighted by molar-refractivity contribution is 7.71. The van der Waals surface area contributed by atoms with E-state index in [1.54, 1.807) is 29.2 Å². The third-order valence-electron chi connectivity index (χ3n) is 2.89. The Kier molecular flexibility index (Phi) is 5.41. The molecule has 0 unspecified atom stereocenters. The molecule has 0 bridgehead atoms. The van der Waals surface area contributed by atoms with Crippen molar-refractivity contribution in [1.82, 2.24) is 20.2 Å². The number of amides is 1. The highest BCUT2D eigenvalue weighted by Gasteiger charge is 2.07. The Morgan fingerprint density at radius 2 is 2.25 bits per heavy atom. The minimum atomic E-state index is -0.133. The van der Waals surface area contributed by atoms with Crippen LogP contribution < -0.4 is 5.32 Å². The van der Waals surface area contributed by atoms with Crippen molar-refractivity contribution in [2.24, 2.45) is 0 Å². The molecule has 0 aliphatic rings. The Balaban J connectivity index is 0.000000175. The standard InChI is InChI=1S/C7H5N3OS2.C7H6N2S2.H2/c11-6(5-2-1-3-12-5)9-7-10-8-4-13-7;1-4-2-11-6-5(4)8-3-9-7(6)10;/h1-4H,(H,9,10,11);2-3H,1H3,(H,8,9,10);1H. The van der Waals surface area contributed by atoms with Crippen LogP contribution >= 0.6 is 46.2 Å². The number of fused-ring (bicyclic) bond motifs is 1. The number of H-pyrrole nitrogens is 1. The monoisotopic (exact) mass is 395 g/mol. The van der Waals surface area contributed by atoms with Gasteiger partial charge >= 0.3 is 0 Å². The number of nitrogens with zero attached hydrogens (tertiary/aromatic N) is 3. The summed E-state index contributed by atoms with van der Waals surface area (Å²) in [6, 6.07) is 3.60. The SMILES string of the molecule is Cc1csc2c(=S)nc[nH]c12.O=C(Nc1nncs1)c1cccs1.[HH]. The van der Waals surface area contributed by atoms with Gasteiger partial charge in [0.05, 0.1) is 21.4 Å². The molecule has 4 heterocycles. The van der Waals surface area contributed by atoms with Gasteiger partial charge in [-0.2, -0.15) is 0 Å². The number of aromatic amines is 1. The smallest absolute Gasteiger partial charge is 0.267 e. The lowest BCUT2D eigenvalue weighted by Crippen LogP contribution is -2.09. The molecular weight excluding hydrogens is 382 g/mol. The summed E-state index contributed by atoms with van der Waals surface area (Å²) in [5, 5.41) is 14.4. The molecule has 124 valence electrons. The zero-order valence-corrected chi connectivity index (χ0v) is 15.6. The number of carbonyl (C=O) groups is 1. The second kappa shape index (κ2) is 7.71. The van der Waals surface area contributed by atoms with Crippen LogP contribution in [-0.4, -0.2) is 26.1 Å². The molecular formula is C14H13N5OS4. The van der Waals surface area contributed by atoms with Crippen LogP contribution in [0.25, 0.3) is 10.2 Å². The summed E-state index contributed by atoms with van der Waals surface area (Å²) >= 11 is 9.39. The molecule has 10 heteroatoms. The maximum atomic E-state index is 11.4. The van der Waals surface area contributed by atoms with Crippen LogP contribution in [0.15, 0.2) is 34.7 Å². The van der Waals surface area contributed by atoms with E-state index < -0.39 is 0 Å². The van der Waals surface area contributed by atoms with E-state index in [0.717, 1.165) is 10.2 Å². The Bertz CT molecular complexity index is 994. The molecule has 0 aliphatic heterocycles. The summed E-state index contributed by atoms with van der Waals surface area (Å²) in [5.74, 6) is -0.133. The second-order valence-corrected chi connectivity index (χ2v) is 7.55. The Morgan fingerprint density at radius 1 is 1.38 bits per heavy atom. The summed E-state index contributed by atoms with van der Waals surface area (Å²) < 4.78 is 1.77. The minimum Gasteiger partial charge on any atom is -0.345 e. The zero-order chi connectivity index (χ0) is 16.9. The first-order valence-electron chi connectivity index (χ1n) is 6.67. The van der Waals surface area contributed by atoms with Gasteiger partial charge in [-0.3, -0.25) is 10.1 Å². The number of nitrogens with one attached hydrogen (secondary N) is 2. The predicted molar refractivity (Wildman–Crippen MR) is 104 cm³/mol. The lowest BCUT2D eigenvalue weighted by atomic mass is 10.3. The van der Waals surface area contributed by atoms with Gasteiger partial charge in [0, 0.05) is 1.43 Å². The summed E-state index contributed by atoms with van der Waals surface area (Å²) in [7, 11) is 0. The molecule has 0 fully saturated rings. The van der Waals surface area contributed by atoms with Gasteiger partial charge in [-0.05, 0) is 29.3 Å². The number of hydrogen-bond donors (Lipinski definition) is 2. The van der Waals surface area contributed by atoms with Gasteiger partial charge < -0.3 is 4.98 Å². The Morgan fingerprint density at radius 3 is 2.92 bits per heavy atom. The summed E-state index contributed by atoms with van der Waals surface area (Å²) in [6.45, 7) is 2.06. The molecule has 4 aromatic heterocycles. The quantitative estimate of drug-likeness (QED) is 0.478. The van der Waals surface area contributed by atoms with Crippen molar-refractivity contribution in [1.29, 1.82) is 0 Å². The van der Waals surface area contributed by atoms with Crippen molar-refractivity contribution >= 4 is 67.5 Å². The van der Waals surface area contributed by atoms with E-state index in [4.69, 9.17) is 12.2 Å². The number of aromatic nitrogens is 4. The minimum absolute atomic E-state index is 0. The zero-order valence-electron chi connectivity index (χ0n) is 12.3. The van der Waals surface area contributed by atoms with Crippen LogP contribution in [0, 0.1) is 11.6 Å². The van der Waals surface area contributed by atoms with Crippen molar-refractivity contribution < 1.29 is 6.22 Å². The number of hydrogen-bond acceptors (Lipinski definition) is 8. The van der Waals surface area contributed by atoms with Crippen LogP contribution in [0.1, 0.15) is 16.7 Å². The molecule has 0 saturated carbocycles. The van der Waals surface area contributed by atoms with E-state index in [9.17, 15) is 4.79 Å². The highest BCUT2D eigenvalue weighted by Crippen LogP contribution is 2.22. The number of aryl methyl sites for hydroxylation is 1. The molecule has 0 spiro atoms. The lowest BCUT2D eigenvalue weighted by Gasteiger charge is -1.95. The van der Waals surface area contributed by atoms with Gasteiger partial charge in [-0.1, -0.05) is 29.6 Å². The van der Waals surface area contributed by atoms with E-state index in [1.807, 2.05) is 11.4 Å². The molecule has 0 radical (unpaired) electrons. The summed E-state index contributed by atoms with van der Waals surface area (Å²) in [6.07, 6.45) is 1.64. The average Bonchev–Trinajstić information content (AvgIpc) is 3.31. The van der Waals surface area contributed by atoms with Gasteiger partial charge in [-0.25, -0.2) is 4.98 Å². The van der Waals surface area contributed by atoms with E-state index in [2.05, 4.69) is 37.8 Å². The van der Waals surface area contributed by atoms with Crippen molar-refractivity contribution in [3.63, 3.8) is 0 Å². The molecule has 0 saturated heterocycles. The number of rotatable bonds is 2. The lowest BCUT2D eigenvalue weighted by molar-refractivity contribution is 0.103. The third-order valence-corrected chi connectivity index (χ3v) is 5.90. The van der Waals surface area contributed by atoms with Gasteiger partial charge in [0.2, 0.25) is 5.13 Å². The molecule has 4 rings (SSSR count). The first-order valence-corrected chi connectivity index (χ1v) is 9.72. The topological polar surface area (TPSA) is 83.6 Å². The predicted octanol–water partition coefficient (Wildman–Crippen LogP) is 4.76. The van der Waals surface area contributed by atoms with E-state index >= 15 is 0 Å². The van der Waals surface area contributed by atoms with Gasteiger partial charge in [0.15, 0.2) is 0 Å². The van der Waals surface area contributed by atoms with Crippen molar-refractivity contribution in [2.45, 2.75) is 6.92 Å². The maximum Gasteiger partial charge on any atom is 0.267 e. The average molecular weight is 396 g/mol. The van der Waals surface area contributed by atoms with Gasteiger partial charge in [0.1, 0.15) is 10.2 Å². The van der Waals surface area contributed by atoms with Crippen molar-refractivity contribution in [3.05, 3.63) is 49.8 Å².